The van der Waals surface area contributed by atoms with Crippen molar-refractivity contribution in [3.63, 3.8) is 0 Å². The average Bonchev–Trinajstić information content (AvgIpc) is 3.58. The average molecular weight is 552 g/mol. The first-order valence-corrected chi connectivity index (χ1v) is 14.3. The molecule has 1 amide bonds. The lowest BCUT2D eigenvalue weighted by Crippen LogP contribution is -2.15. The third-order valence-corrected chi connectivity index (χ3v) is 7.37. The minimum Gasteiger partial charge on any atom is -0.461 e. The number of fused-ring (bicyclic) bond motifs is 6. The fourth-order valence-corrected chi connectivity index (χ4v) is 5.14. The standard InChI is InChI=1S/C13H14N4O2S.C11H11N5OS/c1-3-19-12(18)11-8-5-4-7-6-14-13(20-2)15-9(7)10(8)16-17-11;1-18-11-13-4-5-2-3-6-8(7(5)14-11)15-16-9(6)10(12)17/h6H,3-5H2,1-2H3,(H,16,17);4H,2-3H2,1H3,(H2,12,17)(H,15,16). The van der Waals surface area contributed by atoms with Crippen LogP contribution in [0.25, 0.3) is 22.8 Å². The second-order valence-corrected chi connectivity index (χ2v) is 9.94. The monoisotopic (exact) mass is 551 g/mol. The molecule has 4 aromatic heterocycles. The van der Waals surface area contributed by atoms with Gasteiger partial charge in [0.2, 0.25) is 0 Å². The number of nitrogens with one attached hydrogen (secondary N) is 2. The Morgan fingerprint density at radius 3 is 1.82 bits per heavy atom. The van der Waals surface area contributed by atoms with Crippen molar-refractivity contribution < 1.29 is 14.3 Å². The molecule has 14 heteroatoms. The Morgan fingerprint density at radius 2 is 1.34 bits per heavy atom. The molecule has 0 bridgehead atoms. The van der Waals surface area contributed by atoms with Crippen LogP contribution in [0, 0.1) is 0 Å². The van der Waals surface area contributed by atoms with Crippen molar-refractivity contribution in [3.8, 4) is 22.8 Å². The van der Waals surface area contributed by atoms with Gasteiger partial charge in [0, 0.05) is 23.5 Å². The number of aromatic nitrogens is 8. The zero-order chi connectivity index (χ0) is 26.8. The molecule has 12 nitrogen and oxygen atoms in total. The maximum atomic E-state index is 11.9. The normalized spacial score (nSPS) is 12.8. The number of rotatable bonds is 5. The van der Waals surface area contributed by atoms with Crippen molar-refractivity contribution in [2.75, 3.05) is 19.1 Å². The summed E-state index contributed by atoms with van der Waals surface area (Å²) in [5, 5.41) is 15.3. The summed E-state index contributed by atoms with van der Waals surface area (Å²) in [4.78, 5) is 40.7. The van der Waals surface area contributed by atoms with Gasteiger partial charge in [-0.05, 0) is 56.2 Å². The molecule has 2 aliphatic rings. The number of esters is 1. The molecule has 0 saturated carbocycles. The van der Waals surface area contributed by atoms with E-state index >= 15 is 0 Å². The van der Waals surface area contributed by atoms with E-state index in [9.17, 15) is 9.59 Å². The Balaban J connectivity index is 0.000000156. The molecule has 6 rings (SSSR count). The lowest BCUT2D eigenvalue weighted by atomic mass is 9.93. The van der Waals surface area contributed by atoms with E-state index in [1.54, 1.807) is 6.92 Å². The molecule has 0 aromatic carbocycles. The Kier molecular flexibility index (Phi) is 7.42. The van der Waals surface area contributed by atoms with Gasteiger partial charge in [0.25, 0.3) is 5.91 Å². The van der Waals surface area contributed by atoms with E-state index in [4.69, 9.17) is 10.5 Å². The number of ether oxygens (including phenoxy) is 1. The van der Waals surface area contributed by atoms with E-state index < -0.39 is 5.91 Å². The number of aromatic amines is 2. The lowest BCUT2D eigenvalue weighted by molar-refractivity contribution is 0.0518. The minimum atomic E-state index is -0.480. The molecular formula is C24H25N9O3S2. The molecule has 2 aliphatic carbocycles. The number of hydrogen-bond donors (Lipinski definition) is 3. The summed E-state index contributed by atoms with van der Waals surface area (Å²) < 4.78 is 5.04. The van der Waals surface area contributed by atoms with Crippen LogP contribution in [0.15, 0.2) is 22.7 Å². The van der Waals surface area contributed by atoms with Crippen molar-refractivity contribution in [2.45, 2.75) is 42.9 Å². The number of carbonyl (C=O) groups excluding carboxylic acids is 2. The number of aryl methyl sites for hydroxylation is 2. The summed E-state index contributed by atoms with van der Waals surface area (Å²) in [6, 6.07) is 0. The molecule has 0 saturated heterocycles. The van der Waals surface area contributed by atoms with Gasteiger partial charge in [-0.2, -0.15) is 10.2 Å². The van der Waals surface area contributed by atoms with Gasteiger partial charge in [-0.25, -0.2) is 24.7 Å². The summed E-state index contributed by atoms with van der Waals surface area (Å²) in [5.41, 5.74) is 13.1. The summed E-state index contributed by atoms with van der Waals surface area (Å²) >= 11 is 2.96. The van der Waals surface area contributed by atoms with Gasteiger partial charge in [-0.1, -0.05) is 23.5 Å². The van der Waals surface area contributed by atoms with Gasteiger partial charge in [0.15, 0.2) is 10.3 Å². The van der Waals surface area contributed by atoms with Crippen molar-refractivity contribution in [3.05, 3.63) is 46.0 Å². The highest BCUT2D eigenvalue weighted by Crippen LogP contribution is 2.34. The number of primary amides is 1. The SMILES string of the molecule is CCOC(=O)c1[nH]nc2c1CCc1cnc(SC)nc1-2.CSc1ncc2c(n1)-c1n[nH]c(C(N)=O)c1CC2. The number of carbonyl (C=O) groups is 2. The second kappa shape index (κ2) is 10.9. The van der Waals surface area contributed by atoms with Crippen LogP contribution in [0.2, 0.25) is 0 Å². The van der Waals surface area contributed by atoms with Crippen LogP contribution in [0.5, 0.6) is 0 Å². The Morgan fingerprint density at radius 1 is 0.842 bits per heavy atom. The number of hydrogen-bond acceptors (Lipinski definition) is 11. The van der Waals surface area contributed by atoms with Crippen LogP contribution in [-0.4, -0.2) is 71.3 Å². The van der Waals surface area contributed by atoms with E-state index in [1.165, 1.54) is 23.5 Å². The Hall–Kier alpha value is -3.78. The quantitative estimate of drug-likeness (QED) is 0.189. The van der Waals surface area contributed by atoms with Gasteiger partial charge in [-0.3, -0.25) is 15.0 Å². The third kappa shape index (κ3) is 4.76. The fraction of sp³-hybridized carbons (Fsp3) is 0.333. The first-order valence-electron chi connectivity index (χ1n) is 11.9. The van der Waals surface area contributed by atoms with Crippen molar-refractivity contribution in [2.24, 2.45) is 5.73 Å². The molecule has 196 valence electrons. The smallest absolute Gasteiger partial charge is 0.356 e. The predicted molar refractivity (Wildman–Crippen MR) is 142 cm³/mol. The van der Waals surface area contributed by atoms with E-state index in [1.807, 2.05) is 24.9 Å². The highest BCUT2D eigenvalue weighted by Gasteiger charge is 2.28. The van der Waals surface area contributed by atoms with Crippen LogP contribution in [-0.2, 0) is 30.4 Å². The van der Waals surface area contributed by atoms with Crippen LogP contribution in [0.1, 0.15) is 50.2 Å². The van der Waals surface area contributed by atoms with Crippen LogP contribution >= 0.6 is 23.5 Å². The van der Waals surface area contributed by atoms with Gasteiger partial charge < -0.3 is 10.5 Å². The number of nitrogens with two attached hydrogens (primary N) is 1. The number of H-pyrrole nitrogens is 2. The van der Waals surface area contributed by atoms with E-state index in [0.717, 1.165) is 70.7 Å². The van der Waals surface area contributed by atoms with Gasteiger partial charge in [-0.15, -0.1) is 0 Å². The zero-order valence-electron chi connectivity index (χ0n) is 21.0. The van der Waals surface area contributed by atoms with Gasteiger partial charge in [0.1, 0.15) is 22.8 Å². The largest absolute Gasteiger partial charge is 0.461 e. The highest BCUT2D eigenvalue weighted by atomic mass is 32.2. The highest BCUT2D eigenvalue weighted by molar-refractivity contribution is 7.98. The molecule has 4 heterocycles. The maximum absolute atomic E-state index is 11.9. The number of amides is 1. The van der Waals surface area contributed by atoms with Crippen molar-refractivity contribution >= 4 is 35.4 Å². The van der Waals surface area contributed by atoms with Crippen LogP contribution in [0.3, 0.4) is 0 Å². The molecule has 0 radical (unpaired) electrons. The molecule has 38 heavy (non-hydrogen) atoms. The molecule has 0 spiro atoms. The molecule has 0 aliphatic heterocycles. The van der Waals surface area contributed by atoms with Crippen LogP contribution < -0.4 is 5.73 Å². The summed E-state index contributed by atoms with van der Waals surface area (Å²) in [6.45, 7) is 2.13. The zero-order valence-corrected chi connectivity index (χ0v) is 22.6. The first-order chi connectivity index (χ1) is 18.4. The van der Waals surface area contributed by atoms with Gasteiger partial charge in [0.05, 0.1) is 18.0 Å². The van der Waals surface area contributed by atoms with E-state index in [-0.39, 0.29) is 5.97 Å². The summed E-state index contributed by atoms with van der Waals surface area (Å²) in [5.74, 6) is -0.838. The number of thioether (sulfide) groups is 2. The molecule has 0 atom stereocenters. The summed E-state index contributed by atoms with van der Waals surface area (Å²) in [6.07, 6.45) is 10.6. The maximum Gasteiger partial charge on any atom is 0.356 e. The first kappa shape index (κ1) is 25.9. The number of nitrogens with zero attached hydrogens (tertiary/aromatic N) is 6. The van der Waals surface area contributed by atoms with E-state index in [0.29, 0.717) is 28.3 Å². The van der Waals surface area contributed by atoms with Crippen molar-refractivity contribution in [1.29, 1.82) is 0 Å². The third-order valence-electron chi connectivity index (χ3n) is 6.25. The topological polar surface area (TPSA) is 178 Å². The minimum absolute atomic E-state index is 0.349. The predicted octanol–water partition coefficient (Wildman–Crippen LogP) is 2.65. The van der Waals surface area contributed by atoms with Gasteiger partial charge >= 0.3 is 5.97 Å². The van der Waals surface area contributed by atoms with Crippen molar-refractivity contribution in [1.82, 2.24) is 40.3 Å². The van der Waals surface area contributed by atoms with E-state index in [2.05, 4.69) is 40.3 Å². The Labute approximate surface area is 226 Å². The molecule has 4 aromatic rings. The Bertz CT molecular complexity index is 1530. The molecule has 0 fully saturated rings. The van der Waals surface area contributed by atoms with Crippen LogP contribution in [0.4, 0.5) is 0 Å². The summed E-state index contributed by atoms with van der Waals surface area (Å²) in [7, 11) is 0. The lowest BCUT2D eigenvalue weighted by Gasteiger charge is -2.14. The molecule has 4 N–H and O–H groups in total. The molecular weight excluding hydrogens is 526 g/mol. The fourth-order valence-electron chi connectivity index (χ4n) is 4.46. The molecule has 0 unspecified atom stereocenters. The second-order valence-electron chi connectivity index (χ2n) is 8.40.